The van der Waals surface area contributed by atoms with Gasteiger partial charge in [0.25, 0.3) is 0 Å². The van der Waals surface area contributed by atoms with Crippen LogP contribution in [0.2, 0.25) is 0 Å². The number of hydrogen-bond acceptors (Lipinski definition) is 3. The molecule has 2 rings (SSSR count). The van der Waals surface area contributed by atoms with Gasteiger partial charge in [0.15, 0.2) is 0 Å². The molecule has 1 aromatic heterocycles. The molecule has 96 valence electrons. The number of carboxylic acid groups (broad SMARTS) is 1. The number of carboxylic acids is 1. The van der Waals surface area contributed by atoms with Crippen LogP contribution >= 0.6 is 0 Å². The first-order valence-electron chi connectivity index (χ1n) is 5.63. The van der Waals surface area contributed by atoms with Crippen molar-refractivity contribution in [3.8, 4) is 0 Å². The van der Waals surface area contributed by atoms with Crippen LogP contribution in [0.3, 0.4) is 0 Å². The van der Waals surface area contributed by atoms with Crippen LogP contribution in [0, 0.1) is 0 Å². The molecule has 1 heterocycles. The van der Waals surface area contributed by atoms with Gasteiger partial charge in [-0.15, -0.1) is 0 Å². The highest BCUT2D eigenvalue weighted by Gasteiger charge is 2.14. The SMILES string of the molecule is CC(=O)N(c1ccncc1)c1ccc(C(=O)O)cc1. The molecule has 5 heteroatoms. The van der Waals surface area contributed by atoms with Crippen molar-refractivity contribution < 1.29 is 14.7 Å². The average molecular weight is 256 g/mol. The third-order valence-corrected chi connectivity index (χ3v) is 2.61. The van der Waals surface area contributed by atoms with Gasteiger partial charge in [0, 0.05) is 25.0 Å². The number of anilines is 2. The molecular weight excluding hydrogens is 244 g/mol. The van der Waals surface area contributed by atoms with Crippen molar-refractivity contribution in [3.63, 3.8) is 0 Å². The van der Waals surface area contributed by atoms with Gasteiger partial charge in [-0.25, -0.2) is 4.79 Å². The first-order valence-corrected chi connectivity index (χ1v) is 5.63. The fraction of sp³-hybridized carbons (Fsp3) is 0.0714. The molecule has 1 N–H and O–H groups in total. The molecule has 1 aromatic carbocycles. The lowest BCUT2D eigenvalue weighted by molar-refractivity contribution is -0.115. The second kappa shape index (κ2) is 5.30. The van der Waals surface area contributed by atoms with Crippen molar-refractivity contribution in [3.05, 3.63) is 54.4 Å². The quantitative estimate of drug-likeness (QED) is 0.915. The van der Waals surface area contributed by atoms with E-state index in [1.165, 1.54) is 24.0 Å². The minimum atomic E-state index is -0.996. The van der Waals surface area contributed by atoms with Crippen molar-refractivity contribution in [2.75, 3.05) is 4.90 Å². The lowest BCUT2D eigenvalue weighted by Crippen LogP contribution is -2.22. The molecule has 0 spiro atoms. The van der Waals surface area contributed by atoms with E-state index in [1.54, 1.807) is 36.7 Å². The largest absolute Gasteiger partial charge is 0.478 e. The van der Waals surface area contributed by atoms with E-state index in [-0.39, 0.29) is 11.5 Å². The molecule has 0 saturated heterocycles. The highest BCUT2D eigenvalue weighted by Crippen LogP contribution is 2.25. The molecule has 1 amide bonds. The van der Waals surface area contributed by atoms with Gasteiger partial charge in [0.1, 0.15) is 0 Å². The Balaban J connectivity index is 2.40. The number of amides is 1. The summed E-state index contributed by atoms with van der Waals surface area (Å²) in [6, 6.07) is 9.57. The van der Waals surface area contributed by atoms with E-state index in [0.29, 0.717) is 11.4 Å². The lowest BCUT2D eigenvalue weighted by atomic mass is 10.2. The van der Waals surface area contributed by atoms with Crippen LogP contribution in [-0.4, -0.2) is 22.0 Å². The first kappa shape index (κ1) is 12.8. The summed E-state index contributed by atoms with van der Waals surface area (Å²) >= 11 is 0. The number of nitrogens with zero attached hydrogens (tertiary/aromatic N) is 2. The summed E-state index contributed by atoms with van der Waals surface area (Å²) in [4.78, 5) is 27.9. The Morgan fingerprint density at radius 2 is 1.53 bits per heavy atom. The van der Waals surface area contributed by atoms with Crippen molar-refractivity contribution in [1.29, 1.82) is 0 Å². The predicted molar refractivity (Wildman–Crippen MR) is 70.5 cm³/mol. The Labute approximate surface area is 110 Å². The smallest absolute Gasteiger partial charge is 0.335 e. The normalized spacial score (nSPS) is 9.95. The van der Waals surface area contributed by atoms with Gasteiger partial charge < -0.3 is 5.11 Å². The Hall–Kier alpha value is -2.69. The van der Waals surface area contributed by atoms with Crippen LogP contribution in [0.5, 0.6) is 0 Å². The molecule has 2 aromatic rings. The van der Waals surface area contributed by atoms with Crippen molar-refractivity contribution in [1.82, 2.24) is 4.98 Å². The minimum Gasteiger partial charge on any atom is -0.478 e. The first-order chi connectivity index (χ1) is 9.09. The summed E-state index contributed by atoms with van der Waals surface area (Å²) in [7, 11) is 0. The summed E-state index contributed by atoms with van der Waals surface area (Å²) in [5.74, 6) is -1.15. The second-order valence-corrected chi connectivity index (χ2v) is 3.91. The van der Waals surface area contributed by atoms with E-state index in [9.17, 15) is 9.59 Å². The number of aromatic carboxylic acids is 1. The maximum atomic E-state index is 11.8. The number of carbonyl (C=O) groups is 2. The molecular formula is C14H12N2O3. The molecule has 0 saturated carbocycles. The number of hydrogen-bond donors (Lipinski definition) is 1. The molecule has 0 bridgehead atoms. The third kappa shape index (κ3) is 2.77. The lowest BCUT2D eigenvalue weighted by Gasteiger charge is -2.21. The Kier molecular flexibility index (Phi) is 3.56. The maximum Gasteiger partial charge on any atom is 0.335 e. The molecule has 5 nitrogen and oxygen atoms in total. The summed E-state index contributed by atoms with van der Waals surface area (Å²) in [6.45, 7) is 1.45. The standard InChI is InChI=1S/C14H12N2O3/c1-10(17)16(13-6-8-15-9-7-13)12-4-2-11(3-5-12)14(18)19/h2-9H,1H3,(H,18,19). The van der Waals surface area contributed by atoms with Crippen LogP contribution < -0.4 is 4.90 Å². The molecule has 0 aliphatic rings. The van der Waals surface area contributed by atoms with E-state index < -0.39 is 5.97 Å². The Morgan fingerprint density at radius 1 is 1.00 bits per heavy atom. The summed E-state index contributed by atoms with van der Waals surface area (Å²) in [5.41, 5.74) is 1.48. The molecule has 0 aliphatic carbocycles. The molecule has 0 aliphatic heterocycles. The van der Waals surface area contributed by atoms with Gasteiger partial charge in [0.2, 0.25) is 5.91 Å². The number of carbonyl (C=O) groups excluding carboxylic acids is 1. The van der Waals surface area contributed by atoms with E-state index >= 15 is 0 Å². The van der Waals surface area contributed by atoms with Crippen molar-refractivity contribution >= 4 is 23.3 Å². The number of pyridine rings is 1. The summed E-state index contributed by atoms with van der Waals surface area (Å²) in [5, 5.41) is 8.85. The Morgan fingerprint density at radius 3 is 2.00 bits per heavy atom. The molecule has 19 heavy (non-hydrogen) atoms. The number of aromatic nitrogens is 1. The zero-order valence-electron chi connectivity index (χ0n) is 10.3. The topological polar surface area (TPSA) is 70.5 Å². The fourth-order valence-electron chi connectivity index (χ4n) is 1.76. The zero-order chi connectivity index (χ0) is 13.8. The van der Waals surface area contributed by atoms with Crippen LogP contribution in [0.4, 0.5) is 11.4 Å². The maximum absolute atomic E-state index is 11.8. The van der Waals surface area contributed by atoms with Crippen LogP contribution in [0.1, 0.15) is 17.3 Å². The minimum absolute atomic E-state index is 0.158. The third-order valence-electron chi connectivity index (χ3n) is 2.61. The van der Waals surface area contributed by atoms with Gasteiger partial charge >= 0.3 is 5.97 Å². The van der Waals surface area contributed by atoms with Crippen molar-refractivity contribution in [2.24, 2.45) is 0 Å². The fourth-order valence-corrected chi connectivity index (χ4v) is 1.76. The monoisotopic (exact) mass is 256 g/mol. The predicted octanol–water partition coefficient (Wildman–Crippen LogP) is 2.46. The van der Waals surface area contributed by atoms with E-state index in [4.69, 9.17) is 5.11 Å². The second-order valence-electron chi connectivity index (χ2n) is 3.91. The molecule has 0 unspecified atom stereocenters. The molecule has 0 fully saturated rings. The van der Waals surface area contributed by atoms with Gasteiger partial charge in [-0.2, -0.15) is 0 Å². The van der Waals surface area contributed by atoms with E-state index in [0.717, 1.165) is 0 Å². The average Bonchev–Trinajstić information content (AvgIpc) is 2.40. The molecule has 0 atom stereocenters. The van der Waals surface area contributed by atoms with Crippen LogP contribution in [0.25, 0.3) is 0 Å². The zero-order valence-corrected chi connectivity index (χ0v) is 10.3. The van der Waals surface area contributed by atoms with Gasteiger partial charge in [-0.05, 0) is 36.4 Å². The number of benzene rings is 1. The van der Waals surface area contributed by atoms with Crippen LogP contribution in [-0.2, 0) is 4.79 Å². The van der Waals surface area contributed by atoms with Crippen molar-refractivity contribution in [2.45, 2.75) is 6.92 Å². The Bertz CT molecular complexity index is 594. The van der Waals surface area contributed by atoms with Gasteiger partial charge in [0.05, 0.1) is 11.3 Å². The summed E-state index contributed by atoms with van der Waals surface area (Å²) < 4.78 is 0. The number of rotatable bonds is 3. The van der Waals surface area contributed by atoms with E-state index in [2.05, 4.69) is 4.98 Å². The highest BCUT2D eigenvalue weighted by atomic mass is 16.4. The molecule has 0 radical (unpaired) electrons. The van der Waals surface area contributed by atoms with Gasteiger partial charge in [-0.1, -0.05) is 0 Å². The van der Waals surface area contributed by atoms with Gasteiger partial charge in [-0.3, -0.25) is 14.7 Å². The summed E-state index contributed by atoms with van der Waals surface area (Å²) in [6.07, 6.45) is 3.19. The van der Waals surface area contributed by atoms with E-state index in [1.807, 2.05) is 0 Å². The highest BCUT2D eigenvalue weighted by molar-refractivity contribution is 5.99. The van der Waals surface area contributed by atoms with Crippen LogP contribution in [0.15, 0.2) is 48.8 Å².